The zero-order chi connectivity index (χ0) is 13.4. The molecule has 0 radical (unpaired) electrons. The van der Waals surface area contributed by atoms with E-state index in [1.54, 1.807) is 0 Å². The van der Waals surface area contributed by atoms with E-state index in [0.29, 0.717) is 0 Å². The summed E-state index contributed by atoms with van der Waals surface area (Å²) < 4.78 is 7.89. The fraction of sp³-hybridized carbons (Fsp3) is 0.125. The molecule has 0 aliphatic carbocycles. The van der Waals surface area contributed by atoms with Gasteiger partial charge in [-0.1, -0.05) is 0 Å². The average Bonchev–Trinajstić information content (AvgIpc) is 2.97. The summed E-state index contributed by atoms with van der Waals surface area (Å²) in [6.07, 6.45) is 0. The minimum Gasteiger partial charge on any atom is -0.460 e. The predicted octanol–water partition coefficient (Wildman–Crippen LogP) is 3.94. The number of hydrogen-bond acceptors (Lipinski definition) is 2. The predicted molar refractivity (Wildman–Crippen MR) is 77.4 cm³/mol. The number of aromatic nitrogens is 1. The lowest BCUT2D eigenvalue weighted by atomic mass is 10.2. The van der Waals surface area contributed by atoms with Crippen LogP contribution in [-0.4, -0.2) is 4.57 Å². The molecule has 3 nitrogen and oxygen atoms in total. The summed E-state index contributed by atoms with van der Waals surface area (Å²) in [6.45, 7) is 4.03. The lowest BCUT2D eigenvalue weighted by Crippen LogP contribution is -1.98. The quantitative estimate of drug-likeness (QED) is 0.702. The minimum atomic E-state index is 0.768. The number of benzene rings is 1. The summed E-state index contributed by atoms with van der Waals surface area (Å²) in [5, 5.41) is 0. The monoisotopic (exact) mass is 252 g/mol. The Morgan fingerprint density at radius 1 is 0.895 bits per heavy atom. The molecular formula is C16H16N2O. The molecule has 0 spiro atoms. The largest absolute Gasteiger partial charge is 0.460 e. The van der Waals surface area contributed by atoms with Gasteiger partial charge in [-0.05, 0) is 62.4 Å². The molecule has 0 fully saturated rings. The van der Waals surface area contributed by atoms with Crippen LogP contribution in [0.25, 0.3) is 17.1 Å². The number of aryl methyl sites for hydroxylation is 2. The van der Waals surface area contributed by atoms with E-state index in [1.165, 1.54) is 0 Å². The smallest absolute Gasteiger partial charge is 0.151 e. The van der Waals surface area contributed by atoms with Crippen LogP contribution in [0.5, 0.6) is 0 Å². The molecule has 2 aromatic heterocycles. The summed E-state index contributed by atoms with van der Waals surface area (Å²) in [7, 11) is 0. The van der Waals surface area contributed by atoms with Crippen molar-refractivity contribution in [3.8, 4) is 17.1 Å². The van der Waals surface area contributed by atoms with Crippen molar-refractivity contribution < 1.29 is 4.42 Å². The van der Waals surface area contributed by atoms with Crippen LogP contribution >= 0.6 is 0 Å². The second-order valence-corrected chi connectivity index (χ2v) is 4.70. The second-order valence-electron chi connectivity index (χ2n) is 4.70. The maximum atomic E-state index is 5.74. The molecule has 0 aliphatic rings. The summed E-state index contributed by atoms with van der Waals surface area (Å²) in [5.74, 6) is 1.79. The van der Waals surface area contributed by atoms with E-state index in [0.717, 1.165) is 34.3 Å². The third kappa shape index (κ3) is 2.03. The fourth-order valence-corrected chi connectivity index (χ4v) is 2.27. The summed E-state index contributed by atoms with van der Waals surface area (Å²) in [4.78, 5) is 0. The number of furan rings is 1. The van der Waals surface area contributed by atoms with Gasteiger partial charge in [0.2, 0.25) is 0 Å². The van der Waals surface area contributed by atoms with Crippen LogP contribution in [0.4, 0.5) is 5.69 Å². The van der Waals surface area contributed by atoms with E-state index in [9.17, 15) is 0 Å². The highest BCUT2D eigenvalue weighted by Gasteiger charge is 2.12. The van der Waals surface area contributed by atoms with Crippen molar-refractivity contribution in [3.63, 3.8) is 0 Å². The molecule has 2 N–H and O–H groups in total. The molecule has 3 rings (SSSR count). The summed E-state index contributed by atoms with van der Waals surface area (Å²) >= 11 is 0. The first-order valence-electron chi connectivity index (χ1n) is 6.26. The molecule has 0 saturated heterocycles. The third-order valence-corrected chi connectivity index (χ3v) is 3.22. The average molecular weight is 252 g/mol. The van der Waals surface area contributed by atoms with E-state index in [4.69, 9.17) is 10.2 Å². The zero-order valence-electron chi connectivity index (χ0n) is 11.1. The molecule has 0 amide bonds. The van der Waals surface area contributed by atoms with Crippen molar-refractivity contribution in [1.29, 1.82) is 0 Å². The molecule has 3 heteroatoms. The van der Waals surface area contributed by atoms with Crippen LogP contribution in [0.3, 0.4) is 0 Å². The zero-order valence-corrected chi connectivity index (χ0v) is 11.1. The summed E-state index contributed by atoms with van der Waals surface area (Å²) in [5.41, 5.74) is 9.81. The van der Waals surface area contributed by atoms with Gasteiger partial charge in [0.25, 0.3) is 0 Å². The van der Waals surface area contributed by atoms with Crippen molar-refractivity contribution in [2.24, 2.45) is 0 Å². The number of rotatable bonds is 2. The number of nitrogen functional groups attached to an aromatic ring is 1. The van der Waals surface area contributed by atoms with Gasteiger partial charge >= 0.3 is 0 Å². The molecule has 0 unspecified atom stereocenters. The van der Waals surface area contributed by atoms with Crippen LogP contribution < -0.4 is 5.73 Å². The van der Waals surface area contributed by atoms with Gasteiger partial charge in [0.1, 0.15) is 5.76 Å². The van der Waals surface area contributed by atoms with Crippen molar-refractivity contribution in [2.45, 2.75) is 13.8 Å². The van der Waals surface area contributed by atoms with Gasteiger partial charge in [-0.15, -0.1) is 0 Å². The van der Waals surface area contributed by atoms with Crippen molar-refractivity contribution >= 4 is 5.69 Å². The Balaban J connectivity index is 2.16. The van der Waals surface area contributed by atoms with E-state index < -0.39 is 0 Å². The Labute approximate surface area is 112 Å². The molecular weight excluding hydrogens is 236 g/mol. The lowest BCUT2D eigenvalue weighted by molar-refractivity contribution is 0.545. The number of anilines is 1. The number of nitrogens with two attached hydrogens (primary N) is 1. The highest BCUT2D eigenvalue weighted by molar-refractivity contribution is 5.60. The van der Waals surface area contributed by atoms with Crippen LogP contribution in [0.1, 0.15) is 11.5 Å². The van der Waals surface area contributed by atoms with Gasteiger partial charge in [-0.25, -0.2) is 0 Å². The maximum absolute atomic E-state index is 5.74. The molecule has 3 aromatic rings. The molecule has 0 aliphatic heterocycles. The lowest BCUT2D eigenvalue weighted by Gasteiger charge is -2.10. The molecule has 19 heavy (non-hydrogen) atoms. The Hall–Kier alpha value is -2.42. The van der Waals surface area contributed by atoms with Gasteiger partial charge in [0.15, 0.2) is 5.76 Å². The Bertz CT molecular complexity index is 705. The summed E-state index contributed by atoms with van der Waals surface area (Å²) in [6, 6.07) is 16.0. The number of nitrogens with zero attached hydrogens (tertiary/aromatic N) is 1. The van der Waals surface area contributed by atoms with Crippen molar-refractivity contribution in [2.75, 3.05) is 5.73 Å². The molecule has 0 atom stereocenters. The second kappa shape index (κ2) is 4.35. The van der Waals surface area contributed by atoms with Gasteiger partial charge in [-0.3, -0.25) is 0 Å². The standard InChI is InChI=1S/C16H16N2O/c1-11-3-9-15(16-10-4-12(2)19-16)18(11)14-7-5-13(17)6-8-14/h3-10H,17H2,1-2H3. The Kier molecular flexibility index (Phi) is 2.67. The molecule has 2 heterocycles. The number of hydrogen-bond donors (Lipinski definition) is 1. The minimum absolute atomic E-state index is 0.768. The van der Waals surface area contributed by atoms with Crippen molar-refractivity contribution in [1.82, 2.24) is 4.57 Å². The third-order valence-electron chi connectivity index (χ3n) is 3.22. The highest BCUT2D eigenvalue weighted by Crippen LogP contribution is 2.28. The Morgan fingerprint density at radius 3 is 2.26 bits per heavy atom. The Morgan fingerprint density at radius 2 is 1.63 bits per heavy atom. The van der Waals surface area contributed by atoms with Gasteiger partial charge in [-0.2, -0.15) is 0 Å². The van der Waals surface area contributed by atoms with Gasteiger partial charge < -0.3 is 14.7 Å². The van der Waals surface area contributed by atoms with E-state index in [2.05, 4.69) is 23.6 Å². The van der Waals surface area contributed by atoms with Gasteiger partial charge in [0, 0.05) is 17.1 Å². The molecule has 1 aromatic carbocycles. The van der Waals surface area contributed by atoms with Crippen LogP contribution in [0.15, 0.2) is 52.9 Å². The van der Waals surface area contributed by atoms with Gasteiger partial charge in [0.05, 0.1) is 5.69 Å². The SMILES string of the molecule is Cc1ccc(-c2ccc(C)n2-c2ccc(N)cc2)o1. The normalized spacial score (nSPS) is 10.8. The first-order chi connectivity index (χ1) is 9.15. The van der Waals surface area contributed by atoms with Crippen molar-refractivity contribution in [3.05, 3.63) is 60.0 Å². The van der Waals surface area contributed by atoms with Crippen LogP contribution in [-0.2, 0) is 0 Å². The van der Waals surface area contributed by atoms with Crippen LogP contribution in [0, 0.1) is 13.8 Å². The first kappa shape index (κ1) is 11.7. The van der Waals surface area contributed by atoms with E-state index in [1.807, 2.05) is 43.3 Å². The first-order valence-corrected chi connectivity index (χ1v) is 6.26. The van der Waals surface area contributed by atoms with Crippen LogP contribution in [0.2, 0.25) is 0 Å². The fourth-order valence-electron chi connectivity index (χ4n) is 2.27. The molecule has 96 valence electrons. The molecule has 0 saturated carbocycles. The van der Waals surface area contributed by atoms with E-state index in [-0.39, 0.29) is 0 Å². The molecule has 0 bridgehead atoms. The maximum Gasteiger partial charge on any atom is 0.151 e. The highest BCUT2D eigenvalue weighted by atomic mass is 16.3. The topological polar surface area (TPSA) is 44.1 Å². The van der Waals surface area contributed by atoms with E-state index >= 15 is 0 Å².